The number of carboxylic acid groups (broad SMARTS) is 1. The summed E-state index contributed by atoms with van der Waals surface area (Å²) >= 11 is 0. The molecule has 0 radical (unpaired) electrons. The SMILES string of the molecule is O=C(O)CC1COc2cc(O)ncc21. The van der Waals surface area contributed by atoms with E-state index in [-0.39, 0.29) is 18.2 Å². The summed E-state index contributed by atoms with van der Waals surface area (Å²) in [6.07, 6.45) is 1.49. The number of ether oxygens (including phenoxy) is 1. The topological polar surface area (TPSA) is 79.7 Å². The Bertz CT molecular complexity index is 377. The van der Waals surface area contributed by atoms with Gasteiger partial charge in [0.25, 0.3) is 0 Å². The molecule has 1 aromatic rings. The number of carbonyl (C=O) groups is 1. The highest BCUT2D eigenvalue weighted by Gasteiger charge is 2.26. The molecule has 0 aliphatic carbocycles. The lowest BCUT2D eigenvalue weighted by Gasteiger charge is -2.03. The minimum Gasteiger partial charge on any atom is -0.493 e. The Balaban J connectivity index is 2.26. The highest BCUT2D eigenvalue weighted by Crippen LogP contribution is 2.36. The quantitative estimate of drug-likeness (QED) is 0.727. The second-order valence-corrected chi connectivity index (χ2v) is 3.19. The van der Waals surface area contributed by atoms with Crippen LogP contribution in [0.25, 0.3) is 0 Å². The van der Waals surface area contributed by atoms with E-state index in [4.69, 9.17) is 14.9 Å². The van der Waals surface area contributed by atoms with Crippen molar-refractivity contribution in [3.05, 3.63) is 17.8 Å². The molecule has 5 heteroatoms. The van der Waals surface area contributed by atoms with Gasteiger partial charge in [0.15, 0.2) is 0 Å². The first kappa shape index (κ1) is 8.80. The Kier molecular flexibility index (Phi) is 1.99. The van der Waals surface area contributed by atoms with Crippen LogP contribution in [0.1, 0.15) is 17.9 Å². The van der Waals surface area contributed by atoms with Crippen LogP contribution in [0.5, 0.6) is 11.6 Å². The Hall–Kier alpha value is -1.78. The van der Waals surface area contributed by atoms with Gasteiger partial charge in [-0.05, 0) is 0 Å². The van der Waals surface area contributed by atoms with E-state index in [0.717, 1.165) is 5.56 Å². The van der Waals surface area contributed by atoms with Crippen molar-refractivity contribution in [2.45, 2.75) is 12.3 Å². The molecule has 1 aliphatic heterocycles. The largest absolute Gasteiger partial charge is 0.493 e. The lowest BCUT2D eigenvalue weighted by atomic mass is 10.00. The van der Waals surface area contributed by atoms with Gasteiger partial charge in [0, 0.05) is 23.7 Å². The van der Waals surface area contributed by atoms with E-state index in [9.17, 15) is 4.79 Å². The summed E-state index contributed by atoms with van der Waals surface area (Å²) in [6.45, 7) is 0.340. The predicted molar refractivity (Wildman–Crippen MR) is 46.4 cm³/mol. The number of aromatic hydroxyl groups is 1. The van der Waals surface area contributed by atoms with Crippen molar-refractivity contribution in [1.29, 1.82) is 0 Å². The first-order valence-electron chi connectivity index (χ1n) is 4.20. The average molecular weight is 195 g/mol. The highest BCUT2D eigenvalue weighted by molar-refractivity contribution is 5.68. The number of nitrogens with zero attached hydrogens (tertiary/aromatic N) is 1. The van der Waals surface area contributed by atoms with Gasteiger partial charge in [-0.15, -0.1) is 0 Å². The van der Waals surface area contributed by atoms with Crippen molar-refractivity contribution in [2.75, 3.05) is 6.61 Å². The number of pyridine rings is 1. The van der Waals surface area contributed by atoms with Gasteiger partial charge in [-0.3, -0.25) is 4.79 Å². The van der Waals surface area contributed by atoms with Crippen molar-refractivity contribution in [2.24, 2.45) is 0 Å². The molecule has 1 atom stereocenters. The van der Waals surface area contributed by atoms with Crippen molar-refractivity contribution < 1.29 is 19.7 Å². The third-order valence-corrected chi connectivity index (χ3v) is 2.18. The summed E-state index contributed by atoms with van der Waals surface area (Å²) < 4.78 is 5.23. The van der Waals surface area contributed by atoms with Crippen LogP contribution < -0.4 is 4.74 Å². The molecule has 1 unspecified atom stereocenters. The van der Waals surface area contributed by atoms with E-state index < -0.39 is 5.97 Å². The molecular formula is C9H9NO4. The van der Waals surface area contributed by atoms with Crippen LogP contribution >= 0.6 is 0 Å². The smallest absolute Gasteiger partial charge is 0.304 e. The summed E-state index contributed by atoms with van der Waals surface area (Å²) in [4.78, 5) is 14.2. The molecule has 0 fully saturated rings. The number of hydrogen-bond acceptors (Lipinski definition) is 4. The minimum absolute atomic E-state index is 0.0272. The van der Waals surface area contributed by atoms with Gasteiger partial charge in [-0.1, -0.05) is 0 Å². The Labute approximate surface area is 80.0 Å². The molecule has 14 heavy (non-hydrogen) atoms. The third kappa shape index (κ3) is 1.48. The van der Waals surface area contributed by atoms with Crippen LogP contribution in [0.2, 0.25) is 0 Å². The molecular weight excluding hydrogens is 186 g/mol. The molecule has 0 saturated carbocycles. The summed E-state index contributed by atoms with van der Waals surface area (Å²) in [5.74, 6) is -0.599. The monoisotopic (exact) mass is 195 g/mol. The van der Waals surface area contributed by atoms with E-state index in [2.05, 4.69) is 4.98 Å². The zero-order valence-electron chi connectivity index (χ0n) is 7.30. The zero-order chi connectivity index (χ0) is 10.1. The molecule has 0 aromatic carbocycles. The number of hydrogen-bond donors (Lipinski definition) is 2. The lowest BCUT2D eigenvalue weighted by Crippen LogP contribution is -2.07. The van der Waals surface area contributed by atoms with Gasteiger partial charge < -0.3 is 14.9 Å². The number of carboxylic acids is 1. The number of fused-ring (bicyclic) bond motifs is 1. The molecule has 0 bridgehead atoms. The standard InChI is InChI=1S/C9H9NO4/c11-8-2-7-6(3-10-8)5(4-14-7)1-9(12)13/h2-3,5H,1,4H2,(H,10,11)(H,12,13). The van der Waals surface area contributed by atoms with E-state index in [0.29, 0.717) is 12.4 Å². The van der Waals surface area contributed by atoms with Crippen LogP contribution in [-0.4, -0.2) is 27.8 Å². The molecule has 5 nitrogen and oxygen atoms in total. The van der Waals surface area contributed by atoms with Gasteiger partial charge in [-0.25, -0.2) is 4.98 Å². The fourth-order valence-corrected chi connectivity index (χ4v) is 1.53. The molecule has 0 spiro atoms. The normalized spacial score (nSPS) is 18.7. The van der Waals surface area contributed by atoms with Crippen molar-refractivity contribution in [3.63, 3.8) is 0 Å². The third-order valence-electron chi connectivity index (χ3n) is 2.18. The van der Waals surface area contributed by atoms with Crippen LogP contribution in [0.15, 0.2) is 12.3 Å². The Morgan fingerprint density at radius 3 is 3.21 bits per heavy atom. The summed E-state index contributed by atoms with van der Waals surface area (Å²) in [5, 5.41) is 17.7. The van der Waals surface area contributed by atoms with Crippen molar-refractivity contribution >= 4 is 5.97 Å². The maximum Gasteiger partial charge on any atom is 0.304 e. The van der Waals surface area contributed by atoms with Gasteiger partial charge in [0.05, 0.1) is 13.0 Å². The van der Waals surface area contributed by atoms with E-state index >= 15 is 0 Å². The molecule has 1 aliphatic rings. The Morgan fingerprint density at radius 2 is 2.50 bits per heavy atom. The van der Waals surface area contributed by atoms with Crippen LogP contribution in [0.4, 0.5) is 0 Å². The second-order valence-electron chi connectivity index (χ2n) is 3.19. The maximum absolute atomic E-state index is 10.5. The molecule has 2 heterocycles. The van der Waals surface area contributed by atoms with E-state index in [1.807, 2.05) is 0 Å². The van der Waals surface area contributed by atoms with Crippen LogP contribution in [0.3, 0.4) is 0 Å². The number of aliphatic carboxylic acids is 1. The van der Waals surface area contributed by atoms with Crippen molar-refractivity contribution in [1.82, 2.24) is 4.98 Å². The number of rotatable bonds is 2. The molecule has 0 saturated heterocycles. The molecule has 2 N–H and O–H groups in total. The maximum atomic E-state index is 10.5. The molecule has 0 amide bonds. The first-order valence-corrected chi connectivity index (χ1v) is 4.20. The zero-order valence-corrected chi connectivity index (χ0v) is 7.30. The van der Waals surface area contributed by atoms with Gasteiger partial charge >= 0.3 is 5.97 Å². The highest BCUT2D eigenvalue weighted by atomic mass is 16.5. The molecule has 2 rings (SSSR count). The average Bonchev–Trinajstić information content (AvgIpc) is 2.47. The Morgan fingerprint density at radius 1 is 1.71 bits per heavy atom. The summed E-state index contributed by atoms with van der Waals surface area (Å²) in [6, 6.07) is 1.40. The lowest BCUT2D eigenvalue weighted by molar-refractivity contribution is -0.137. The van der Waals surface area contributed by atoms with E-state index in [1.54, 1.807) is 0 Å². The summed E-state index contributed by atoms with van der Waals surface area (Å²) in [7, 11) is 0. The fraction of sp³-hybridized carbons (Fsp3) is 0.333. The molecule has 74 valence electrons. The van der Waals surface area contributed by atoms with E-state index in [1.165, 1.54) is 12.3 Å². The van der Waals surface area contributed by atoms with Gasteiger partial charge in [0.1, 0.15) is 5.75 Å². The predicted octanol–water partition coefficient (Wildman–Crippen LogP) is 0.738. The first-order chi connectivity index (χ1) is 6.66. The molecule has 1 aromatic heterocycles. The van der Waals surface area contributed by atoms with Gasteiger partial charge in [0.2, 0.25) is 5.88 Å². The van der Waals surface area contributed by atoms with Crippen LogP contribution in [0, 0.1) is 0 Å². The fourth-order valence-electron chi connectivity index (χ4n) is 1.53. The minimum atomic E-state index is -0.862. The number of aromatic nitrogens is 1. The van der Waals surface area contributed by atoms with Crippen LogP contribution in [-0.2, 0) is 4.79 Å². The van der Waals surface area contributed by atoms with Crippen molar-refractivity contribution in [3.8, 4) is 11.6 Å². The van der Waals surface area contributed by atoms with Gasteiger partial charge in [-0.2, -0.15) is 0 Å². The second kappa shape index (κ2) is 3.17. The summed E-state index contributed by atoms with van der Waals surface area (Å²) in [5.41, 5.74) is 0.755.